The molecule has 6 heteroatoms. The van der Waals surface area contributed by atoms with Crippen molar-refractivity contribution in [3.8, 4) is 0 Å². The van der Waals surface area contributed by atoms with Crippen LogP contribution in [0.5, 0.6) is 0 Å². The molecule has 1 aromatic rings. The predicted octanol–water partition coefficient (Wildman–Crippen LogP) is 3.07. The first kappa shape index (κ1) is 19.4. The second-order valence-corrected chi connectivity index (χ2v) is 7.23. The summed E-state index contributed by atoms with van der Waals surface area (Å²) in [5, 5.41) is 6.35. The van der Waals surface area contributed by atoms with E-state index in [0.29, 0.717) is 12.5 Å². The average molecular weight is 322 g/mol. The molecule has 1 aromatic heterocycles. The van der Waals surface area contributed by atoms with E-state index in [1.165, 1.54) is 0 Å². The highest BCUT2D eigenvalue weighted by Crippen LogP contribution is 2.12. The van der Waals surface area contributed by atoms with Crippen molar-refractivity contribution in [3.05, 3.63) is 24.3 Å². The van der Waals surface area contributed by atoms with Crippen LogP contribution in [-0.4, -0.2) is 34.2 Å². The zero-order valence-electron chi connectivity index (χ0n) is 15.1. The lowest BCUT2D eigenvalue weighted by atomic mass is 10.0. The Labute approximate surface area is 139 Å². The molecule has 0 spiro atoms. The van der Waals surface area contributed by atoms with Crippen molar-refractivity contribution in [2.45, 2.75) is 65.6 Å². The van der Waals surface area contributed by atoms with Crippen LogP contribution in [-0.2, 0) is 4.74 Å². The van der Waals surface area contributed by atoms with E-state index in [1.807, 2.05) is 27.7 Å². The Morgan fingerprint density at radius 3 is 2.48 bits per heavy atom. The van der Waals surface area contributed by atoms with Gasteiger partial charge in [0.25, 0.3) is 0 Å². The molecule has 0 saturated carbocycles. The fraction of sp³-hybridized carbons (Fsp3) is 0.706. The maximum atomic E-state index is 11.8. The van der Waals surface area contributed by atoms with Crippen molar-refractivity contribution in [2.24, 2.45) is 5.92 Å². The van der Waals surface area contributed by atoms with E-state index < -0.39 is 5.60 Å². The quantitative estimate of drug-likeness (QED) is 0.807. The van der Waals surface area contributed by atoms with Crippen molar-refractivity contribution in [1.82, 2.24) is 20.6 Å². The number of carbonyl (C=O) groups is 1. The zero-order valence-corrected chi connectivity index (χ0v) is 15.1. The van der Waals surface area contributed by atoms with Crippen LogP contribution < -0.4 is 10.6 Å². The van der Waals surface area contributed by atoms with Gasteiger partial charge in [-0.2, -0.15) is 0 Å². The minimum Gasteiger partial charge on any atom is -0.444 e. The number of rotatable bonds is 7. The molecule has 2 atom stereocenters. The number of nitrogens with zero attached hydrogens (tertiary/aromatic N) is 2. The highest BCUT2D eigenvalue weighted by Gasteiger charge is 2.19. The van der Waals surface area contributed by atoms with E-state index >= 15 is 0 Å². The van der Waals surface area contributed by atoms with E-state index in [1.54, 1.807) is 18.6 Å². The lowest BCUT2D eigenvalue weighted by Crippen LogP contribution is -2.44. The molecule has 0 aliphatic rings. The fourth-order valence-corrected chi connectivity index (χ4v) is 2.27. The molecule has 0 aliphatic heterocycles. The van der Waals surface area contributed by atoms with E-state index in [9.17, 15) is 4.79 Å². The molecular formula is C17H30N4O2. The van der Waals surface area contributed by atoms with Crippen molar-refractivity contribution >= 4 is 6.09 Å². The summed E-state index contributed by atoms with van der Waals surface area (Å²) in [6, 6.07) is 0.201. The number of hydrogen-bond donors (Lipinski definition) is 2. The minimum absolute atomic E-state index is 0.0629. The second kappa shape index (κ2) is 8.82. The van der Waals surface area contributed by atoms with Crippen LogP contribution >= 0.6 is 0 Å². The third-order valence-electron chi connectivity index (χ3n) is 3.16. The second-order valence-electron chi connectivity index (χ2n) is 7.23. The average Bonchev–Trinajstić information content (AvgIpc) is 2.43. The largest absolute Gasteiger partial charge is 0.444 e. The Bertz CT molecular complexity index is 471. The summed E-state index contributed by atoms with van der Waals surface area (Å²) in [5.41, 5.74) is 0.399. The molecule has 0 aromatic carbocycles. The van der Waals surface area contributed by atoms with Crippen LogP contribution in [0.4, 0.5) is 4.79 Å². The standard InChI is InChI=1S/C17H30N4O2/c1-12(2)9-14(10-20-16(22)23-17(4,5)6)21-13(3)15-11-18-7-8-19-15/h7-8,11-14,21H,9-10H2,1-6H3,(H,20,22). The lowest BCUT2D eigenvalue weighted by molar-refractivity contribution is 0.0520. The van der Waals surface area contributed by atoms with Gasteiger partial charge in [-0.25, -0.2) is 4.79 Å². The highest BCUT2D eigenvalue weighted by molar-refractivity contribution is 5.67. The normalized spacial score (nSPS) is 14.4. The SMILES string of the molecule is CC(C)CC(CNC(=O)OC(C)(C)C)NC(C)c1cnccn1. The molecule has 2 unspecified atom stereocenters. The monoisotopic (exact) mass is 322 g/mol. The summed E-state index contributed by atoms with van der Waals surface area (Å²) in [5.74, 6) is 0.516. The van der Waals surface area contributed by atoms with E-state index in [-0.39, 0.29) is 18.2 Å². The Hall–Kier alpha value is -1.69. The summed E-state index contributed by atoms with van der Waals surface area (Å²) in [7, 11) is 0. The van der Waals surface area contributed by atoms with Gasteiger partial charge in [-0.3, -0.25) is 9.97 Å². The number of nitrogens with one attached hydrogen (secondary N) is 2. The molecular weight excluding hydrogens is 292 g/mol. The smallest absolute Gasteiger partial charge is 0.407 e. The first-order valence-electron chi connectivity index (χ1n) is 8.16. The molecule has 23 heavy (non-hydrogen) atoms. The molecule has 0 radical (unpaired) electrons. The van der Waals surface area contributed by atoms with Crippen LogP contribution in [0.25, 0.3) is 0 Å². The summed E-state index contributed by atoms with van der Waals surface area (Å²) in [6.07, 6.45) is 5.65. The molecule has 130 valence electrons. The molecule has 0 aliphatic carbocycles. The Morgan fingerprint density at radius 1 is 1.26 bits per heavy atom. The van der Waals surface area contributed by atoms with Crippen LogP contribution in [0.3, 0.4) is 0 Å². The first-order valence-corrected chi connectivity index (χ1v) is 8.16. The third kappa shape index (κ3) is 8.50. The lowest BCUT2D eigenvalue weighted by Gasteiger charge is -2.26. The topological polar surface area (TPSA) is 76.1 Å². The van der Waals surface area contributed by atoms with Gasteiger partial charge in [0, 0.05) is 37.2 Å². The Morgan fingerprint density at radius 2 is 1.96 bits per heavy atom. The molecule has 6 nitrogen and oxygen atoms in total. The van der Waals surface area contributed by atoms with Crippen LogP contribution in [0.2, 0.25) is 0 Å². The van der Waals surface area contributed by atoms with Gasteiger partial charge in [0.2, 0.25) is 0 Å². The van der Waals surface area contributed by atoms with Crippen molar-refractivity contribution in [2.75, 3.05) is 6.54 Å². The number of ether oxygens (including phenoxy) is 1. The van der Waals surface area contributed by atoms with Gasteiger partial charge in [-0.05, 0) is 40.0 Å². The van der Waals surface area contributed by atoms with Gasteiger partial charge in [-0.15, -0.1) is 0 Å². The Balaban J connectivity index is 2.57. The van der Waals surface area contributed by atoms with Gasteiger partial charge in [-0.1, -0.05) is 13.8 Å². The van der Waals surface area contributed by atoms with Gasteiger partial charge >= 0.3 is 6.09 Å². The van der Waals surface area contributed by atoms with Crippen molar-refractivity contribution < 1.29 is 9.53 Å². The van der Waals surface area contributed by atoms with Crippen LogP contribution in [0, 0.1) is 5.92 Å². The summed E-state index contributed by atoms with van der Waals surface area (Å²) in [4.78, 5) is 20.2. The van der Waals surface area contributed by atoms with Crippen molar-refractivity contribution in [1.29, 1.82) is 0 Å². The van der Waals surface area contributed by atoms with Gasteiger partial charge in [0.05, 0.1) is 5.69 Å². The van der Waals surface area contributed by atoms with E-state index in [0.717, 1.165) is 12.1 Å². The number of aromatic nitrogens is 2. The molecule has 1 rings (SSSR count). The van der Waals surface area contributed by atoms with E-state index in [4.69, 9.17) is 4.74 Å². The predicted molar refractivity (Wildman–Crippen MR) is 91.1 cm³/mol. The van der Waals surface area contributed by atoms with Gasteiger partial charge in [0.15, 0.2) is 0 Å². The maximum Gasteiger partial charge on any atom is 0.407 e. The molecule has 1 amide bonds. The fourth-order valence-electron chi connectivity index (χ4n) is 2.27. The van der Waals surface area contributed by atoms with Gasteiger partial charge in [0.1, 0.15) is 5.60 Å². The van der Waals surface area contributed by atoms with Crippen LogP contribution in [0.15, 0.2) is 18.6 Å². The summed E-state index contributed by atoms with van der Waals surface area (Å²) < 4.78 is 5.28. The number of carbonyl (C=O) groups excluding carboxylic acids is 1. The summed E-state index contributed by atoms with van der Waals surface area (Å²) in [6.45, 7) is 12.4. The first-order chi connectivity index (χ1) is 10.7. The van der Waals surface area contributed by atoms with E-state index in [2.05, 4.69) is 34.4 Å². The number of alkyl carbamates (subject to hydrolysis) is 1. The molecule has 1 heterocycles. The number of hydrogen-bond acceptors (Lipinski definition) is 5. The third-order valence-corrected chi connectivity index (χ3v) is 3.16. The van der Waals surface area contributed by atoms with Crippen molar-refractivity contribution in [3.63, 3.8) is 0 Å². The maximum absolute atomic E-state index is 11.8. The molecule has 0 fully saturated rings. The highest BCUT2D eigenvalue weighted by atomic mass is 16.6. The summed E-state index contributed by atoms with van der Waals surface area (Å²) >= 11 is 0. The minimum atomic E-state index is -0.488. The Kier molecular flexibility index (Phi) is 7.42. The number of amides is 1. The molecule has 0 bridgehead atoms. The van der Waals surface area contributed by atoms with Crippen LogP contribution in [0.1, 0.15) is 59.7 Å². The molecule has 0 saturated heterocycles. The van der Waals surface area contributed by atoms with Gasteiger partial charge < -0.3 is 15.4 Å². The zero-order chi connectivity index (χ0) is 17.5. The molecule has 2 N–H and O–H groups in total.